The molecule has 1 N–H and O–H groups in total. The van der Waals surface area contributed by atoms with Crippen molar-refractivity contribution in [3.8, 4) is 0 Å². The Bertz CT molecular complexity index is 958. The van der Waals surface area contributed by atoms with Crippen LogP contribution in [0.25, 0.3) is 0 Å². The quantitative estimate of drug-likeness (QED) is 0.729. The van der Waals surface area contributed by atoms with Crippen LogP contribution >= 0.6 is 0 Å². The van der Waals surface area contributed by atoms with Crippen LogP contribution in [0, 0.1) is 18.6 Å². The molecule has 4 nitrogen and oxygen atoms in total. The highest BCUT2D eigenvalue weighted by Crippen LogP contribution is 2.33. The van der Waals surface area contributed by atoms with Crippen LogP contribution in [0.1, 0.15) is 17.8 Å². The number of hydrogen-bond donors (Lipinski definition) is 1. The Labute approximate surface area is 150 Å². The molecule has 0 unspecified atom stereocenters. The van der Waals surface area contributed by atoms with Gasteiger partial charge in [-0.1, -0.05) is 18.2 Å². The van der Waals surface area contributed by atoms with E-state index in [9.17, 15) is 8.78 Å². The van der Waals surface area contributed by atoms with Gasteiger partial charge in [-0.15, -0.1) is 0 Å². The Hall–Kier alpha value is -3.02. The van der Waals surface area contributed by atoms with Crippen molar-refractivity contribution in [1.29, 1.82) is 0 Å². The largest absolute Gasteiger partial charge is 0.338 e. The van der Waals surface area contributed by atoms with Crippen molar-refractivity contribution in [1.82, 2.24) is 9.97 Å². The monoisotopic (exact) mass is 352 g/mol. The first-order valence-corrected chi connectivity index (χ1v) is 8.53. The number of anilines is 4. The molecule has 1 aliphatic rings. The molecular formula is C20H18F2N4. The van der Waals surface area contributed by atoms with Crippen LogP contribution in [0.2, 0.25) is 0 Å². The molecule has 0 bridgehead atoms. The molecule has 2 heterocycles. The van der Waals surface area contributed by atoms with Crippen molar-refractivity contribution >= 4 is 23.0 Å². The second-order valence-corrected chi connectivity index (χ2v) is 6.29. The standard InChI is InChI=1S/C20H18F2N4/c1-13-23-19(25-17-9-8-15(21)11-16(17)22)12-20(24-13)26-10-4-6-14-5-2-3-7-18(14)26/h2-3,5,7-9,11-12H,4,6,10H2,1H3,(H,23,24,25). The van der Waals surface area contributed by atoms with Crippen LogP contribution < -0.4 is 10.2 Å². The number of benzene rings is 2. The summed E-state index contributed by atoms with van der Waals surface area (Å²) < 4.78 is 27.0. The molecule has 0 saturated heterocycles. The van der Waals surface area contributed by atoms with E-state index in [4.69, 9.17) is 0 Å². The maximum Gasteiger partial charge on any atom is 0.149 e. The number of para-hydroxylation sites is 1. The summed E-state index contributed by atoms with van der Waals surface area (Å²) in [5.41, 5.74) is 2.60. The molecule has 0 aliphatic carbocycles. The zero-order valence-electron chi connectivity index (χ0n) is 14.3. The van der Waals surface area contributed by atoms with Crippen LogP contribution in [0.3, 0.4) is 0 Å². The molecule has 0 saturated carbocycles. The van der Waals surface area contributed by atoms with Crippen molar-refractivity contribution in [3.63, 3.8) is 0 Å². The summed E-state index contributed by atoms with van der Waals surface area (Å²) in [5, 5.41) is 2.92. The van der Waals surface area contributed by atoms with E-state index in [1.165, 1.54) is 17.7 Å². The number of nitrogens with zero attached hydrogens (tertiary/aromatic N) is 3. The minimum Gasteiger partial charge on any atom is -0.338 e. The van der Waals surface area contributed by atoms with Gasteiger partial charge >= 0.3 is 0 Å². The molecule has 1 aliphatic heterocycles. The molecule has 1 aromatic heterocycles. The highest BCUT2D eigenvalue weighted by Gasteiger charge is 2.20. The Morgan fingerprint density at radius 2 is 1.88 bits per heavy atom. The molecule has 0 fully saturated rings. The molecule has 0 radical (unpaired) electrons. The van der Waals surface area contributed by atoms with Gasteiger partial charge in [0.1, 0.15) is 29.1 Å². The molecule has 26 heavy (non-hydrogen) atoms. The van der Waals surface area contributed by atoms with Crippen LogP contribution in [0.15, 0.2) is 48.5 Å². The SMILES string of the molecule is Cc1nc(Nc2ccc(F)cc2F)cc(N2CCCc3ccccc32)n1. The van der Waals surface area contributed by atoms with Gasteiger partial charge in [-0.25, -0.2) is 18.7 Å². The van der Waals surface area contributed by atoms with Gasteiger partial charge in [0.05, 0.1) is 5.69 Å². The molecule has 0 spiro atoms. The molecule has 0 amide bonds. The summed E-state index contributed by atoms with van der Waals surface area (Å²) in [6.45, 7) is 2.66. The van der Waals surface area contributed by atoms with Crippen molar-refractivity contribution in [2.75, 3.05) is 16.8 Å². The number of nitrogens with one attached hydrogen (secondary N) is 1. The average Bonchev–Trinajstić information content (AvgIpc) is 2.63. The van der Waals surface area contributed by atoms with Gasteiger partial charge < -0.3 is 10.2 Å². The second-order valence-electron chi connectivity index (χ2n) is 6.29. The summed E-state index contributed by atoms with van der Waals surface area (Å²) in [6, 6.07) is 13.5. The number of rotatable bonds is 3. The fraction of sp³-hybridized carbons (Fsp3) is 0.200. The fourth-order valence-electron chi connectivity index (χ4n) is 3.25. The Morgan fingerprint density at radius 3 is 2.73 bits per heavy atom. The summed E-state index contributed by atoms with van der Waals surface area (Å²) in [5.74, 6) is 0.537. The van der Waals surface area contributed by atoms with Gasteiger partial charge in [-0.05, 0) is 43.5 Å². The Morgan fingerprint density at radius 1 is 1.04 bits per heavy atom. The van der Waals surface area contributed by atoms with Gasteiger partial charge in [-0.3, -0.25) is 0 Å². The van der Waals surface area contributed by atoms with Crippen molar-refractivity contribution in [3.05, 3.63) is 71.6 Å². The van der Waals surface area contributed by atoms with Crippen molar-refractivity contribution < 1.29 is 8.78 Å². The lowest BCUT2D eigenvalue weighted by Gasteiger charge is -2.30. The maximum atomic E-state index is 13.9. The number of aromatic nitrogens is 2. The summed E-state index contributed by atoms with van der Waals surface area (Å²) in [7, 11) is 0. The predicted octanol–water partition coefficient (Wildman–Crippen LogP) is 4.89. The number of hydrogen-bond acceptors (Lipinski definition) is 4. The van der Waals surface area contributed by atoms with Gasteiger partial charge in [0.15, 0.2) is 0 Å². The third-order valence-corrected chi connectivity index (χ3v) is 4.41. The van der Waals surface area contributed by atoms with E-state index in [1.807, 2.05) is 12.1 Å². The third-order valence-electron chi connectivity index (χ3n) is 4.41. The van der Waals surface area contributed by atoms with E-state index in [0.29, 0.717) is 11.6 Å². The normalized spacial score (nSPS) is 13.4. The van der Waals surface area contributed by atoms with E-state index >= 15 is 0 Å². The van der Waals surface area contributed by atoms with Crippen LogP contribution in [-0.2, 0) is 6.42 Å². The lowest BCUT2D eigenvalue weighted by atomic mass is 10.0. The van der Waals surface area contributed by atoms with Crippen LogP contribution in [0.4, 0.5) is 31.8 Å². The molecule has 0 atom stereocenters. The minimum atomic E-state index is -0.661. The molecule has 6 heteroatoms. The third kappa shape index (κ3) is 3.22. The lowest BCUT2D eigenvalue weighted by Crippen LogP contribution is -2.25. The lowest BCUT2D eigenvalue weighted by molar-refractivity contribution is 0.586. The van der Waals surface area contributed by atoms with E-state index in [0.717, 1.165) is 37.0 Å². The predicted molar refractivity (Wildman–Crippen MR) is 98.2 cm³/mol. The molecule has 132 valence electrons. The number of aryl methyl sites for hydroxylation is 2. The Kier molecular flexibility index (Phi) is 4.24. The van der Waals surface area contributed by atoms with Crippen LogP contribution in [-0.4, -0.2) is 16.5 Å². The minimum absolute atomic E-state index is 0.175. The van der Waals surface area contributed by atoms with Gasteiger partial charge in [0.2, 0.25) is 0 Å². The van der Waals surface area contributed by atoms with Gasteiger partial charge in [0, 0.05) is 24.4 Å². The Balaban J connectivity index is 1.69. The maximum absolute atomic E-state index is 13.9. The first kappa shape index (κ1) is 16.4. The first-order chi connectivity index (χ1) is 12.6. The topological polar surface area (TPSA) is 41.1 Å². The fourth-order valence-corrected chi connectivity index (χ4v) is 3.25. The smallest absolute Gasteiger partial charge is 0.149 e. The zero-order chi connectivity index (χ0) is 18.1. The van der Waals surface area contributed by atoms with Gasteiger partial charge in [-0.2, -0.15) is 0 Å². The van der Waals surface area contributed by atoms with E-state index in [1.54, 1.807) is 13.0 Å². The molecule has 2 aromatic carbocycles. The molecular weight excluding hydrogens is 334 g/mol. The summed E-state index contributed by atoms with van der Waals surface area (Å²) in [4.78, 5) is 11.0. The van der Waals surface area contributed by atoms with Gasteiger partial charge in [0.25, 0.3) is 0 Å². The van der Waals surface area contributed by atoms with E-state index in [2.05, 4.69) is 32.3 Å². The average molecular weight is 352 g/mol. The van der Waals surface area contributed by atoms with E-state index < -0.39 is 11.6 Å². The van der Waals surface area contributed by atoms with Crippen molar-refractivity contribution in [2.24, 2.45) is 0 Å². The summed E-state index contributed by atoms with van der Waals surface area (Å²) >= 11 is 0. The number of fused-ring (bicyclic) bond motifs is 1. The zero-order valence-corrected chi connectivity index (χ0v) is 14.3. The highest BCUT2D eigenvalue weighted by molar-refractivity contribution is 5.68. The summed E-state index contributed by atoms with van der Waals surface area (Å²) in [6.07, 6.45) is 2.08. The number of halogens is 2. The van der Waals surface area contributed by atoms with Crippen LogP contribution in [0.5, 0.6) is 0 Å². The highest BCUT2D eigenvalue weighted by atomic mass is 19.1. The first-order valence-electron chi connectivity index (χ1n) is 8.53. The van der Waals surface area contributed by atoms with E-state index in [-0.39, 0.29) is 5.69 Å². The van der Waals surface area contributed by atoms with Crippen molar-refractivity contribution in [2.45, 2.75) is 19.8 Å². The second kappa shape index (κ2) is 6.71. The molecule has 4 rings (SSSR count). The molecule has 3 aromatic rings.